The van der Waals surface area contributed by atoms with Crippen molar-refractivity contribution < 1.29 is 9.59 Å². The highest BCUT2D eigenvalue weighted by Gasteiger charge is 2.32. The predicted octanol–water partition coefficient (Wildman–Crippen LogP) is 1.09. The Morgan fingerprint density at radius 1 is 1.16 bits per heavy atom. The number of aliphatic imine (C=N–C) groups is 1. The summed E-state index contributed by atoms with van der Waals surface area (Å²) in [5.74, 6) is 1.10. The molecule has 0 aromatic rings. The number of likely N-dealkylation sites (tertiary alicyclic amines) is 1. The molecule has 1 unspecified atom stereocenters. The fraction of sp³-hybridized carbons (Fsp3) is 0.824. The van der Waals surface area contributed by atoms with Crippen LogP contribution in [0.1, 0.15) is 27.2 Å². The van der Waals surface area contributed by atoms with E-state index < -0.39 is 0 Å². The summed E-state index contributed by atoms with van der Waals surface area (Å²) in [6, 6.07) is 0. The van der Waals surface area contributed by atoms with Gasteiger partial charge in [-0.15, -0.1) is 24.0 Å². The number of hydrogen-bond acceptors (Lipinski definition) is 3. The van der Waals surface area contributed by atoms with E-state index in [2.05, 4.69) is 36.0 Å². The summed E-state index contributed by atoms with van der Waals surface area (Å²) in [6.07, 6.45) is 1.16. The first-order valence-corrected chi connectivity index (χ1v) is 8.45. The van der Waals surface area contributed by atoms with Gasteiger partial charge in [0.25, 0.3) is 0 Å². The van der Waals surface area contributed by atoms with Crippen LogP contribution in [-0.4, -0.2) is 86.8 Å². The van der Waals surface area contributed by atoms with Crippen LogP contribution in [0.15, 0.2) is 4.99 Å². The summed E-state index contributed by atoms with van der Waals surface area (Å²) in [6.45, 7) is 8.69. The molecule has 0 aliphatic carbocycles. The molecule has 0 radical (unpaired) electrons. The SMILES string of the molecule is CC1CN(C(=NCC(=O)N(C)C)NCC(=O)N(C)C)CC(C)(C)C1.I. The Labute approximate surface area is 169 Å². The number of carbonyl (C=O) groups excluding carboxylic acids is 2. The van der Waals surface area contributed by atoms with Crippen molar-refractivity contribution in [1.82, 2.24) is 20.0 Å². The van der Waals surface area contributed by atoms with E-state index >= 15 is 0 Å². The molecule has 0 aromatic carbocycles. The van der Waals surface area contributed by atoms with E-state index in [1.807, 2.05) is 0 Å². The normalized spacial score (nSPS) is 19.7. The molecule has 1 aliphatic heterocycles. The van der Waals surface area contributed by atoms with Gasteiger partial charge in [-0.1, -0.05) is 20.8 Å². The number of amides is 2. The van der Waals surface area contributed by atoms with Crippen molar-refractivity contribution in [2.75, 3.05) is 54.4 Å². The van der Waals surface area contributed by atoms with Gasteiger partial charge in [0.2, 0.25) is 11.8 Å². The first-order chi connectivity index (χ1) is 11.0. The second kappa shape index (κ2) is 10.2. The molecule has 1 aliphatic rings. The van der Waals surface area contributed by atoms with E-state index in [0.717, 1.165) is 19.5 Å². The fourth-order valence-corrected chi connectivity index (χ4v) is 3.06. The Morgan fingerprint density at radius 3 is 2.20 bits per heavy atom. The smallest absolute Gasteiger partial charge is 0.243 e. The third kappa shape index (κ3) is 8.24. The van der Waals surface area contributed by atoms with Crippen molar-refractivity contribution in [3.63, 3.8) is 0 Å². The van der Waals surface area contributed by atoms with Crippen molar-refractivity contribution in [1.29, 1.82) is 0 Å². The molecular formula is C17H34IN5O2. The topological polar surface area (TPSA) is 68.2 Å². The van der Waals surface area contributed by atoms with Crippen LogP contribution in [0, 0.1) is 11.3 Å². The molecule has 1 N–H and O–H groups in total. The molecule has 0 saturated carbocycles. The van der Waals surface area contributed by atoms with Gasteiger partial charge in [-0.2, -0.15) is 0 Å². The van der Waals surface area contributed by atoms with Crippen LogP contribution >= 0.6 is 24.0 Å². The lowest BCUT2D eigenvalue weighted by atomic mass is 9.79. The summed E-state index contributed by atoms with van der Waals surface area (Å²) in [7, 11) is 6.88. The van der Waals surface area contributed by atoms with Crippen LogP contribution in [0.5, 0.6) is 0 Å². The molecule has 1 fully saturated rings. The molecule has 1 saturated heterocycles. The largest absolute Gasteiger partial charge is 0.347 e. The number of halogens is 1. The van der Waals surface area contributed by atoms with Gasteiger partial charge in [-0.05, 0) is 17.8 Å². The Kier molecular flexibility index (Phi) is 9.75. The average Bonchev–Trinajstić information content (AvgIpc) is 2.43. The Morgan fingerprint density at radius 2 is 1.72 bits per heavy atom. The highest BCUT2D eigenvalue weighted by atomic mass is 127. The van der Waals surface area contributed by atoms with Crippen LogP contribution in [-0.2, 0) is 9.59 Å². The molecule has 0 bridgehead atoms. The maximum Gasteiger partial charge on any atom is 0.243 e. The first kappa shape index (κ1) is 23.9. The van der Waals surface area contributed by atoms with E-state index in [9.17, 15) is 9.59 Å². The van der Waals surface area contributed by atoms with Crippen molar-refractivity contribution >= 4 is 41.8 Å². The molecule has 1 heterocycles. The molecule has 0 spiro atoms. The molecule has 7 nitrogen and oxygen atoms in total. The number of carbonyl (C=O) groups is 2. The van der Waals surface area contributed by atoms with E-state index in [1.54, 1.807) is 33.1 Å². The fourth-order valence-electron chi connectivity index (χ4n) is 3.06. The molecule has 0 aromatic heterocycles. The lowest BCUT2D eigenvalue weighted by Gasteiger charge is -2.43. The minimum atomic E-state index is -0.0578. The lowest BCUT2D eigenvalue weighted by Crippen LogP contribution is -2.53. The third-order valence-corrected chi connectivity index (χ3v) is 4.11. The quantitative estimate of drug-likeness (QED) is 0.382. The monoisotopic (exact) mass is 467 g/mol. The zero-order chi connectivity index (χ0) is 18.5. The van der Waals surface area contributed by atoms with Crippen LogP contribution in [0.25, 0.3) is 0 Å². The van der Waals surface area contributed by atoms with Crippen LogP contribution < -0.4 is 5.32 Å². The average molecular weight is 467 g/mol. The number of likely N-dealkylation sites (N-methyl/N-ethyl adjacent to an activating group) is 2. The number of hydrogen-bond donors (Lipinski definition) is 1. The van der Waals surface area contributed by atoms with Crippen LogP contribution in [0.2, 0.25) is 0 Å². The van der Waals surface area contributed by atoms with Crippen molar-refractivity contribution in [2.45, 2.75) is 27.2 Å². The van der Waals surface area contributed by atoms with E-state index in [1.165, 1.54) is 4.90 Å². The van der Waals surface area contributed by atoms with Crippen molar-refractivity contribution in [2.24, 2.45) is 16.3 Å². The standard InChI is InChI=1S/C17H33N5O2.HI/c1-13-8-17(2,3)12-22(11-13)16(18-9-14(23)20(4)5)19-10-15(24)21(6)7;/h13H,8-12H2,1-7H3,(H,18,19);1H. The molecule has 1 rings (SSSR count). The number of piperidine rings is 1. The maximum atomic E-state index is 11.9. The molecule has 1 atom stereocenters. The van der Waals surface area contributed by atoms with Crippen LogP contribution in [0.4, 0.5) is 0 Å². The van der Waals surface area contributed by atoms with Crippen LogP contribution in [0.3, 0.4) is 0 Å². The van der Waals surface area contributed by atoms with E-state index in [-0.39, 0.29) is 54.3 Å². The summed E-state index contributed by atoms with van der Waals surface area (Å²) >= 11 is 0. The highest BCUT2D eigenvalue weighted by molar-refractivity contribution is 14.0. The van der Waals surface area contributed by atoms with Gasteiger partial charge in [0.05, 0.1) is 6.54 Å². The summed E-state index contributed by atoms with van der Waals surface area (Å²) < 4.78 is 0. The molecule has 2 amide bonds. The zero-order valence-electron chi connectivity index (χ0n) is 16.6. The molecular weight excluding hydrogens is 433 g/mol. The first-order valence-electron chi connectivity index (χ1n) is 8.45. The van der Waals surface area contributed by atoms with Gasteiger partial charge in [0, 0.05) is 41.3 Å². The van der Waals surface area contributed by atoms with Gasteiger partial charge in [-0.3, -0.25) is 9.59 Å². The van der Waals surface area contributed by atoms with E-state index in [4.69, 9.17) is 0 Å². The zero-order valence-corrected chi connectivity index (χ0v) is 19.0. The molecule has 8 heteroatoms. The minimum absolute atomic E-state index is 0. The summed E-state index contributed by atoms with van der Waals surface area (Å²) in [5, 5.41) is 3.14. The number of guanidine groups is 1. The minimum Gasteiger partial charge on any atom is -0.347 e. The number of nitrogens with zero attached hydrogens (tertiary/aromatic N) is 4. The number of nitrogens with one attached hydrogen (secondary N) is 1. The Balaban J connectivity index is 0.00000576. The van der Waals surface area contributed by atoms with Gasteiger partial charge >= 0.3 is 0 Å². The van der Waals surface area contributed by atoms with Gasteiger partial charge in [0.1, 0.15) is 6.54 Å². The second-order valence-electron chi connectivity index (χ2n) is 7.92. The second-order valence-corrected chi connectivity index (χ2v) is 7.92. The van der Waals surface area contributed by atoms with E-state index in [0.29, 0.717) is 11.9 Å². The molecule has 146 valence electrons. The Bertz CT molecular complexity index is 491. The number of rotatable bonds is 4. The third-order valence-electron chi connectivity index (χ3n) is 4.11. The molecule has 25 heavy (non-hydrogen) atoms. The van der Waals surface area contributed by atoms with Gasteiger partial charge < -0.3 is 20.0 Å². The maximum absolute atomic E-state index is 11.9. The summed E-state index contributed by atoms with van der Waals surface area (Å²) in [5.41, 5.74) is 0.178. The van der Waals surface area contributed by atoms with Gasteiger partial charge in [0.15, 0.2) is 5.96 Å². The van der Waals surface area contributed by atoms with Crippen molar-refractivity contribution in [3.05, 3.63) is 0 Å². The summed E-state index contributed by atoms with van der Waals surface area (Å²) in [4.78, 5) is 33.4. The van der Waals surface area contributed by atoms with Gasteiger partial charge in [-0.25, -0.2) is 4.99 Å². The predicted molar refractivity (Wildman–Crippen MR) is 112 cm³/mol. The highest BCUT2D eigenvalue weighted by Crippen LogP contribution is 2.31. The lowest BCUT2D eigenvalue weighted by molar-refractivity contribution is -0.127. The van der Waals surface area contributed by atoms with Crippen molar-refractivity contribution in [3.8, 4) is 0 Å². The Hall–Kier alpha value is -1.06.